The number of ether oxygens (including phenoxy) is 1. The molecule has 1 atom stereocenters. The predicted molar refractivity (Wildman–Crippen MR) is 57.3 cm³/mol. The van der Waals surface area contributed by atoms with Crippen LogP contribution in [0.5, 0.6) is 0 Å². The Bertz CT molecular complexity index is 389. The van der Waals surface area contributed by atoms with E-state index in [9.17, 15) is 4.79 Å². The van der Waals surface area contributed by atoms with Crippen LogP contribution >= 0.6 is 11.8 Å². The molecule has 2 rings (SSSR count). The third kappa shape index (κ3) is 2.27. The molecule has 0 saturated carbocycles. The second-order valence-electron chi connectivity index (χ2n) is 3.41. The molecule has 1 aromatic rings. The number of anilines is 1. The summed E-state index contributed by atoms with van der Waals surface area (Å²) in [6, 6.07) is 0.117. The summed E-state index contributed by atoms with van der Waals surface area (Å²) >= 11 is 1.12. The number of aromatic nitrogens is 3. The van der Waals surface area contributed by atoms with Gasteiger partial charge in [0.2, 0.25) is 5.95 Å². The van der Waals surface area contributed by atoms with Gasteiger partial charge in [0.1, 0.15) is 0 Å². The van der Waals surface area contributed by atoms with Gasteiger partial charge in [-0.3, -0.25) is 9.36 Å². The van der Waals surface area contributed by atoms with Crippen LogP contribution in [-0.4, -0.2) is 44.8 Å². The highest BCUT2D eigenvalue weighted by Crippen LogP contribution is 2.27. The summed E-state index contributed by atoms with van der Waals surface area (Å²) in [5.41, 5.74) is 5.70. The van der Waals surface area contributed by atoms with E-state index in [0.717, 1.165) is 18.2 Å². The van der Waals surface area contributed by atoms with Crippen molar-refractivity contribution in [1.82, 2.24) is 14.8 Å². The lowest BCUT2D eigenvalue weighted by atomic mass is 10.3. The molecule has 1 aliphatic rings. The number of aliphatic carboxylic acids is 1. The van der Waals surface area contributed by atoms with E-state index >= 15 is 0 Å². The van der Waals surface area contributed by atoms with Crippen molar-refractivity contribution in [2.24, 2.45) is 0 Å². The van der Waals surface area contributed by atoms with Crippen LogP contribution in [0.25, 0.3) is 0 Å². The first-order valence-corrected chi connectivity index (χ1v) is 5.79. The van der Waals surface area contributed by atoms with Crippen LogP contribution in [0.3, 0.4) is 0 Å². The summed E-state index contributed by atoms with van der Waals surface area (Å²) in [6.45, 7) is 1.26. The zero-order valence-electron chi connectivity index (χ0n) is 8.50. The van der Waals surface area contributed by atoms with Gasteiger partial charge in [-0.1, -0.05) is 11.8 Å². The monoisotopic (exact) mass is 244 g/mol. The summed E-state index contributed by atoms with van der Waals surface area (Å²) in [6.07, 6.45) is 0.850. The molecule has 0 radical (unpaired) electrons. The van der Waals surface area contributed by atoms with E-state index in [1.54, 1.807) is 4.57 Å². The van der Waals surface area contributed by atoms with Crippen molar-refractivity contribution in [3.63, 3.8) is 0 Å². The molecule has 1 aliphatic heterocycles. The molecule has 1 fully saturated rings. The Morgan fingerprint density at radius 3 is 3.12 bits per heavy atom. The minimum Gasteiger partial charge on any atom is -0.481 e. The van der Waals surface area contributed by atoms with Crippen molar-refractivity contribution in [2.75, 3.05) is 24.7 Å². The molecule has 0 spiro atoms. The highest BCUT2D eigenvalue weighted by atomic mass is 32.2. The van der Waals surface area contributed by atoms with Crippen LogP contribution < -0.4 is 5.73 Å². The number of rotatable bonds is 4. The van der Waals surface area contributed by atoms with Gasteiger partial charge >= 0.3 is 5.97 Å². The Labute approximate surface area is 96.0 Å². The Morgan fingerprint density at radius 2 is 2.50 bits per heavy atom. The molecule has 0 amide bonds. The molecule has 0 aliphatic carbocycles. The van der Waals surface area contributed by atoms with Crippen LogP contribution in [0.1, 0.15) is 12.5 Å². The molecule has 0 aromatic carbocycles. The second-order valence-corrected chi connectivity index (χ2v) is 4.35. The van der Waals surface area contributed by atoms with E-state index in [4.69, 9.17) is 15.6 Å². The van der Waals surface area contributed by atoms with Gasteiger partial charge in [0.05, 0.1) is 18.4 Å². The molecule has 16 heavy (non-hydrogen) atoms. The van der Waals surface area contributed by atoms with E-state index in [0.29, 0.717) is 24.3 Å². The number of carbonyl (C=O) groups is 1. The normalized spacial score (nSPS) is 20.1. The third-order valence-electron chi connectivity index (χ3n) is 2.29. The number of carboxylic acid groups (broad SMARTS) is 1. The lowest BCUT2D eigenvalue weighted by molar-refractivity contribution is -0.133. The average molecular weight is 244 g/mol. The average Bonchev–Trinajstić information content (AvgIpc) is 2.83. The lowest BCUT2D eigenvalue weighted by Crippen LogP contribution is -2.13. The molecule has 7 nitrogen and oxygen atoms in total. The van der Waals surface area contributed by atoms with Gasteiger partial charge in [0.15, 0.2) is 5.16 Å². The molecule has 88 valence electrons. The molecule has 2 heterocycles. The summed E-state index contributed by atoms with van der Waals surface area (Å²) in [4.78, 5) is 10.5. The molecule has 1 saturated heterocycles. The Hall–Kier alpha value is -1.28. The summed E-state index contributed by atoms with van der Waals surface area (Å²) in [5.74, 6) is -0.629. The molecule has 1 aromatic heterocycles. The minimum atomic E-state index is -0.888. The number of nitrogens with two attached hydrogens (primary N) is 1. The van der Waals surface area contributed by atoms with Crippen LogP contribution in [0, 0.1) is 0 Å². The maximum Gasteiger partial charge on any atom is 0.313 e. The number of hydrogen-bond acceptors (Lipinski definition) is 6. The van der Waals surface area contributed by atoms with Gasteiger partial charge in [0.25, 0.3) is 0 Å². The van der Waals surface area contributed by atoms with E-state index in [2.05, 4.69) is 10.2 Å². The second kappa shape index (κ2) is 4.71. The number of nitrogen functional groups attached to an aromatic ring is 1. The van der Waals surface area contributed by atoms with E-state index < -0.39 is 5.97 Å². The number of nitrogens with zero attached hydrogens (tertiary/aromatic N) is 3. The van der Waals surface area contributed by atoms with E-state index in [1.165, 1.54) is 0 Å². The fraction of sp³-hybridized carbons (Fsp3) is 0.625. The van der Waals surface area contributed by atoms with Crippen LogP contribution in [-0.2, 0) is 9.53 Å². The number of hydrogen-bond donors (Lipinski definition) is 2. The first kappa shape index (κ1) is 11.2. The van der Waals surface area contributed by atoms with Crippen molar-refractivity contribution >= 4 is 23.7 Å². The zero-order chi connectivity index (χ0) is 11.5. The quantitative estimate of drug-likeness (QED) is 0.718. The van der Waals surface area contributed by atoms with Crippen molar-refractivity contribution < 1.29 is 14.6 Å². The fourth-order valence-electron chi connectivity index (χ4n) is 1.58. The standard InChI is InChI=1S/C8H12N4O3S/c9-7-10-11-8(16-4-6(13)14)12(7)5-1-2-15-3-5/h5H,1-4H2,(H2,9,10)(H,13,14). The van der Waals surface area contributed by atoms with E-state index in [1.807, 2.05) is 0 Å². The van der Waals surface area contributed by atoms with Gasteiger partial charge in [-0.25, -0.2) is 0 Å². The molecule has 3 N–H and O–H groups in total. The third-order valence-corrected chi connectivity index (χ3v) is 3.21. The molecule has 0 bridgehead atoms. The maximum absolute atomic E-state index is 10.5. The van der Waals surface area contributed by atoms with Crippen molar-refractivity contribution in [3.05, 3.63) is 0 Å². The molecular weight excluding hydrogens is 232 g/mol. The fourth-order valence-corrected chi connectivity index (χ4v) is 2.31. The van der Waals surface area contributed by atoms with Gasteiger partial charge in [-0.2, -0.15) is 0 Å². The number of carboxylic acids is 1. The van der Waals surface area contributed by atoms with Crippen LogP contribution in [0.2, 0.25) is 0 Å². The SMILES string of the molecule is Nc1nnc(SCC(=O)O)n1C1CCOC1. The highest BCUT2D eigenvalue weighted by Gasteiger charge is 2.23. The smallest absolute Gasteiger partial charge is 0.313 e. The highest BCUT2D eigenvalue weighted by molar-refractivity contribution is 7.99. The van der Waals surface area contributed by atoms with E-state index in [-0.39, 0.29) is 11.8 Å². The molecular formula is C8H12N4O3S. The Kier molecular flexibility index (Phi) is 3.30. The molecule has 1 unspecified atom stereocenters. The molecule has 8 heteroatoms. The van der Waals surface area contributed by atoms with Gasteiger partial charge in [0, 0.05) is 6.61 Å². The maximum atomic E-state index is 10.5. The zero-order valence-corrected chi connectivity index (χ0v) is 9.31. The first-order chi connectivity index (χ1) is 7.68. The summed E-state index contributed by atoms with van der Waals surface area (Å²) < 4.78 is 7.01. The summed E-state index contributed by atoms with van der Waals surface area (Å²) in [5, 5.41) is 16.8. The van der Waals surface area contributed by atoms with Crippen molar-refractivity contribution in [3.8, 4) is 0 Å². The topological polar surface area (TPSA) is 103 Å². The lowest BCUT2D eigenvalue weighted by Gasteiger charge is -2.12. The summed E-state index contributed by atoms with van der Waals surface area (Å²) in [7, 11) is 0. The number of thioether (sulfide) groups is 1. The van der Waals surface area contributed by atoms with Crippen LogP contribution in [0.15, 0.2) is 5.16 Å². The minimum absolute atomic E-state index is 0.0499. The van der Waals surface area contributed by atoms with Crippen molar-refractivity contribution in [1.29, 1.82) is 0 Å². The largest absolute Gasteiger partial charge is 0.481 e. The first-order valence-electron chi connectivity index (χ1n) is 4.81. The van der Waals surface area contributed by atoms with Gasteiger partial charge < -0.3 is 15.6 Å². The van der Waals surface area contributed by atoms with Gasteiger partial charge in [-0.05, 0) is 6.42 Å². The Balaban J connectivity index is 2.14. The predicted octanol–water partition coefficient (Wildman–Crippen LogP) is -0.00160. The van der Waals surface area contributed by atoms with Crippen molar-refractivity contribution in [2.45, 2.75) is 17.6 Å². The van der Waals surface area contributed by atoms with Gasteiger partial charge in [-0.15, -0.1) is 10.2 Å². The Morgan fingerprint density at radius 1 is 1.69 bits per heavy atom. The van der Waals surface area contributed by atoms with Crippen LogP contribution in [0.4, 0.5) is 5.95 Å².